The van der Waals surface area contributed by atoms with Crippen LogP contribution >= 0.6 is 0 Å². The van der Waals surface area contributed by atoms with Crippen LogP contribution in [0.4, 0.5) is 0 Å². The first kappa shape index (κ1) is 16.5. The van der Waals surface area contributed by atoms with Crippen LogP contribution in [0.2, 0.25) is 0 Å². The van der Waals surface area contributed by atoms with Crippen LogP contribution < -0.4 is 10.5 Å². The summed E-state index contributed by atoms with van der Waals surface area (Å²) in [6, 6.07) is 14.3. The predicted octanol–water partition coefficient (Wildman–Crippen LogP) is 3.65. The second-order valence-corrected chi connectivity index (χ2v) is 5.73. The maximum Gasteiger partial charge on any atom is 0.125 e. The van der Waals surface area contributed by atoms with Crippen LogP contribution in [0.15, 0.2) is 42.5 Å². The fourth-order valence-corrected chi connectivity index (χ4v) is 2.63. The highest BCUT2D eigenvalue weighted by Gasteiger charge is 2.11. The number of nitrogens with two attached hydrogens (primary N) is 1. The lowest BCUT2D eigenvalue weighted by atomic mass is 9.98. The van der Waals surface area contributed by atoms with Crippen molar-refractivity contribution in [3.8, 4) is 5.75 Å². The van der Waals surface area contributed by atoms with E-state index in [4.69, 9.17) is 15.6 Å². The molecule has 3 nitrogen and oxygen atoms in total. The summed E-state index contributed by atoms with van der Waals surface area (Å²) in [5.74, 6) is 0.932. The molecule has 0 unspecified atom stereocenters. The van der Waals surface area contributed by atoms with E-state index in [1.165, 1.54) is 0 Å². The Morgan fingerprint density at radius 3 is 2.32 bits per heavy atom. The van der Waals surface area contributed by atoms with E-state index in [2.05, 4.69) is 38.1 Å². The van der Waals surface area contributed by atoms with Crippen molar-refractivity contribution in [2.45, 2.75) is 39.3 Å². The summed E-state index contributed by atoms with van der Waals surface area (Å²) in [5, 5.41) is 8.92. The number of aryl methyl sites for hydroxylation is 2. The smallest absolute Gasteiger partial charge is 0.125 e. The monoisotopic (exact) mass is 299 g/mol. The maximum atomic E-state index is 8.92. The summed E-state index contributed by atoms with van der Waals surface area (Å²) in [5.41, 5.74) is 10.7. The van der Waals surface area contributed by atoms with Crippen LogP contribution in [0.25, 0.3) is 0 Å². The van der Waals surface area contributed by atoms with Gasteiger partial charge in [0.15, 0.2) is 0 Å². The number of rotatable bonds is 7. The minimum atomic E-state index is -0.0345. The standard InChI is InChI=1S/C19H25NO2/c1-14-11-17(18(20)9-6-10-21)12-15(2)19(14)22-13-16-7-4-3-5-8-16/h3-5,7-8,11-12,18,21H,6,9-10,13,20H2,1-2H3/t18-/m0/s1. The first-order chi connectivity index (χ1) is 10.6. The van der Waals surface area contributed by atoms with Gasteiger partial charge in [-0.15, -0.1) is 0 Å². The van der Waals surface area contributed by atoms with Crippen molar-refractivity contribution in [1.82, 2.24) is 0 Å². The quantitative estimate of drug-likeness (QED) is 0.820. The largest absolute Gasteiger partial charge is 0.488 e. The van der Waals surface area contributed by atoms with Gasteiger partial charge in [0.1, 0.15) is 12.4 Å². The molecule has 0 aromatic heterocycles. The highest BCUT2D eigenvalue weighted by Crippen LogP contribution is 2.29. The topological polar surface area (TPSA) is 55.5 Å². The average Bonchev–Trinajstić information content (AvgIpc) is 2.52. The lowest BCUT2D eigenvalue weighted by molar-refractivity contribution is 0.280. The van der Waals surface area contributed by atoms with Crippen molar-refractivity contribution in [3.63, 3.8) is 0 Å². The van der Waals surface area contributed by atoms with Gasteiger partial charge in [-0.1, -0.05) is 42.5 Å². The van der Waals surface area contributed by atoms with Gasteiger partial charge in [-0.25, -0.2) is 0 Å². The normalized spacial score (nSPS) is 12.2. The zero-order valence-corrected chi connectivity index (χ0v) is 13.4. The van der Waals surface area contributed by atoms with Gasteiger partial charge >= 0.3 is 0 Å². The van der Waals surface area contributed by atoms with Crippen molar-refractivity contribution < 1.29 is 9.84 Å². The van der Waals surface area contributed by atoms with Gasteiger partial charge < -0.3 is 15.6 Å². The second kappa shape index (κ2) is 7.97. The predicted molar refractivity (Wildman–Crippen MR) is 89.9 cm³/mol. The van der Waals surface area contributed by atoms with Crippen molar-refractivity contribution in [3.05, 3.63) is 64.7 Å². The van der Waals surface area contributed by atoms with E-state index in [9.17, 15) is 0 Å². The third-order valence-corrected chi connectivity index (χ3v) is 3.81. The number of aliphatic hydroxyl groups excluding tert-OH is 1. The molecule has 118 valence electrons. The summed E-state index contributed by atoms with van der Waals surface area (Å²) >= 11 is 0. The molecule has 0 fully saturated rings. The second-order valence-electron chi connectivity index (χ2n) is 5.73. The summed E-state index contributed by atoms with van der Waals surface area (Å²) in [6.07, 6.45) is 1.52. The minimum absolute atomic E-state index is 0.0345. The minimum Gasteiger partial charge on any atom is -0.488 e. The van der Waals surface area contributed by atoms with E-state index in [1.807, 2.05) is 18.2 Å². The molecule has 2 aromatic rings. The molecule has 2 rings (SSSR count). The molecule has 0 bridgehead atoms. The third-order valence-electron chi connectivity index (χ3n) is 3.81. The summed E-state index contributed by atoms with van der Waals surface area (Å²) in [6.45, 7) is 4.85. The number of hydrogen-bond donors (Lipinski definition) is 2. The van der Waals surface area contributed by atoms with Crippen molar-refractivity contribution in [2.75, 3.05) is 6.61 Å². The van der Waals surface area contributed by atoms with Crippen LogP contribution in [-0.2, 0) is 6.61 Å². The Kier molecular flexibility index (Phi) is 5.99. The SMILES string of the molecule is Cc1cc([C@@H](N)CCCO)cc(C)c1OCc1ccccc1. The molecule has 2 aromatic carbocycles. The highest BCUT2D eigenvalue weighted by atomic mass is 16.5. The first-order valence-corrected chi connectivity index (χ1v) is 7.76. The molecular formula is C19H25NO2. The van der Waals surface area contributed by atoms with Crippen LogP contribution in [0, 0.1) is 13.8 Å². The summed E-state index contributed by atoms with van der Waals surface area (Å²) in [4.78, 5) is 0. The molecule has 1 atom stereocenters. The molecule has 0 saturated carbocycles. The first-order valence-electron chi connectivity index (χ1n) is 7.76. The molecule has 0 amide bonds. The van der Waals surface area contributed by atoms with E-state index >= 15 is 0 Å². The molecule has 0 aliphatic carbocycles. The molecule has 3 heteroatoms. The molecule has 0 aliphatic heterocycles. The summed E-state index contributed by atoms with van der Waals surface area (Å²) < 4.78 is 5.99. The number of ether oxygens (including phenoxy) is 1. The van der Waals surface area contributed by atoms with Crippen LogP contribution in [0.5, 0.6) is 5.75 Å². The zero-order chi connectivity index (χ0) is 15.9. The highest BCUT2D eigenvalue weighted by molar-refractivity contribution is 5.44. The van der Waals surface area contributed by atoms with Gasteiger partial charge in [0.2, 0.25) is 0 Å². The Labute approximate surface area is 132 Å². The zero-order valence-electron chi connectivity index (χ0n) is 13.4. The number of benzene rings is 2. The lowest BCUT2D eigenvalue weighted by Crippen LogP contribution is -2.12. The fraction of sp³-hybridized carbons (Fsp3) is 0.368. The third kappa shape index (κ3) is 4.33. The molecule has 0 aliphatic rings. The maximum absolute atomic E-state index is 8.92. The van der Waals surface area contributed by atoms with Crippen LogP contribution in [0.3, 0.4) is 0 Å². The fourth-order valence-electron chi connectivity index (χ4n) is 2.63. The number of hydrogen-bond acceptors (Lipinski definition) is 3. The van der Waals surface area contributed by atoms with Crippen LogP contribution in [-0.4, -0.2) is 11.7 Å². The Balaban J connectivity index is 2.09. The van der Waals surface area contributed by atoms with E-state index in [0.29, 0.717) is 6.61 Å². The Morgan fingerprint density at radius 2 is 1.73 bits per heavy atom. The van der Waals surface area contributed by atoms with Gasteiger partial charge in [-0.05, 0) is 48.9 Å². The molecule has 3 N–H and O–H groups in total. The van der Waals surface area contributed by atoms with Gasteiger partial charge in [-0.3, -0.25) is 0 Å². The average molecular weight is 299 g/mol. The van der Waals surface area contributed by atoms with Crippen molar-refractivity contribution in [1.29, 1.82) is 0 Å². The van der Waals surface area contributed by atoms with Gasteiger partial charge in [0.25, 0.3) is 0 Å². The van der Waals surface area contributed by atoms with Crippen molar-refractivity contribution in [2.24, 2.45) is 5.73 Å². The molecule has 0 saturated heterocycles. The Morgan fingerprint density at radius 1 is 1.09 bits per heavy atom. The Hall–Kier alpha value is -1.84. The van der Waals surface area contributed by atoms with Gasteiger partial charge in [0, 0.05) is 12.6 Å². The molecule has 0 heterocycles. The van der Waals surface area contributed by atoms with Crippen LogP contribution in [0.1, 0.15) is 41.1 Å². The van der Waals surface area contributed by atoms with Gasteiger partial charge in [-0.2, -0.15) is 0 Å². The molecule has 0 radical (unpaired) electrons. The lowest BCUT2D eigenvalue weighted by Gasteiger charge is -2.17. The van der Waals surface area contributed by atoms with Crippen molar-refractivity contribution >= 4 is 0 Å². The van der Waals surface area contributed by atoms with E-state index in [0.717, 1.165) is 40.8 Å². The summed E-state index contributed by atoms with van der Waals surface area (Å²) in [7, 11) is 0. The number of aliphatic hydroxyl groups is 1. The van der Waals surface area contributed by atoms with E-state index in [-0.39, 0.29) is 12.6 Å². The molecule has 22 heavy (non-hydrogen) atoms. The van der Waals surface area contributed by atoms with E-state index < -0.39 is 0 Å². The van der Waals surface area contributed by atoms with E-state index in [1.54, 1.807) is 0 Å². The Bertz CT molecular complexity index is 573. The van der Waals surface area contributed by atoms with Gasteiger partial charge in [0.05, 0.1) is 0 Å². The molecule has 0 spiro atoms. The molecular weight excluding hydrogens is 274 g/mol.